The SMILES string of the molecule is O=C(Nc1cccc([N+](=O)[O-])c1)c1ccc(NS(=O)(=O)c2ccc(F)cc2)cc1. The molecule has 0 heterocycles. The van der Waals surface area contributed by atoms with Gasteiger partial charge in [-0.25, -0.2) is 12.8 Å². The van der Waals surface area contributed by atoms with Gasteiger partial charge >= 0.3 is 0 Å². The number of hydrogen-bond donors (Lipinski definition) is 2. The highest BCUT2D eigenvalue weighted by molar-refractivity contribution is 7.92. The third-order valence-electron chi connectivity index (χ3n) is 3.84. The molecule has 0 unspecified atom stereocenters. The van der Waals surface area contributed by atoms with Crippen LogP contribution in [0.5, 0.6) is 0 Å². The van der Waals surface area contributed by atoms with E-state index in [0.29, 0.717) is 0 Å². The first-order chi connectivity index (χ1) is 13.7. The number of nitro groups is 1. The molecule has 148 valence electrons. The van der Waals surface area contributed by atoms with Crippen LogP contribution < -0.4 is 10.0 Å². The summed E-state index contributed by atoms with van der Waals surface area (Å²) in [6.07, 6.45) is 0. The van der Waals surface area contributed by atoms with Gasteiger partial charge in [0.05, 0.1) is 9.82 Å². The molecule has 0 saturated carbocycles. The van der Waals surface area contributed by atoms with Crippen molar-refractivity contribution in [2.24, 2.45) is 0 Å². The summed E-state index contributed by atoms with van der Waals surface area (Å²) in [5.74, 6) is -1.07. The molecule has 0 radical (unpaired) electrons. The third-order valence-corrected chi connectivity index (χ3v) is 5.24. The van der Waals surface area contributed by atoms with E-state index in [2.05, 4.69) is 10.0 Å². The zero-order valence-electron chi connectivity index (χ0n) is 14.7. The summed E-state index contributed by atoms with van der Waals surface area (Å²) in [5, 5.41) is 13.3. The molecule has 0 aliphatic carbocycles. The zero-order valence-corrected chi connectivity index (χ0v) is 15.5. The number of non-ortho nitro benzene ring substituents is 1. The van der Waals surface area contributed by atoms with Crippen molar-refractivity contribution in [2.45, 2.75) is 4.90 Å². The first kappa shape index (κ1) is 20.0. The Hall–Kier alpha value is -3.79. The first-order valence-electron chi connectivity index (χ1n) is 8.19. The Morgan fingerprint density at radius 2 is 1.59 bits per heavy atom. The van der Waals surface area contributed by atoms with Crippen LogP contribution in [-0.2, 0) is 10.0 Å². The van der Waals surface area contributed by atoms with Gasteiger partial charge in [0.15, 0.2) is 0 Å². The van der Waals surface area contributed by atoms with Crippen LogP contribution in [0, 0.1) is 15.9 Å². The Kier molecular flexibility index (Phi) is 5.55. The van der Waals surface area contributed by atoms with Gasteiger partial charge in [-0.15, -0.1) is 0 Å². The average Bonchev–Trinajstić information content (AvgIpc) is 2.68. The fourth-order valence-electron chi connectivity index (χ4n) is 2.42. The number of carbonyl (C=O) groups excluding carboxylic acids is 1. The number of nitro benzene ring substituents is 1. The van der Waals surface area contributed by atoms with Crippen molar-refractivity contribution in [2.75, 3.05) is 10.0 Å². The maximum Gasteiger partial charge on any atom is 0.271 e. The van der Waals surface area contributed by atoms with E-state index >= 15 is 0 Å². The van der Waals surface area contributed by atoms with Crippen LogP contribution in [0.4, 0.5) is 21.5 Å². The number of nitrogens with zero attached hydrogens (tertiary/aromatic N) is 1. The maximum absolute atomic E-state index is 13.0. The molecule has 0 atom stereocenters. The summed E-state index contributed by atoms with van der Waals surface area (Å²) >= 11 is 0. The molecule has 0 saturated heterocycles. The molecule has 0 bridgehead atoms. The van der Waals surface area contributed by atoms with Gasteiger partial charge < -0.3 is 5.32 Å². The molecule has 8 nitrogen and oxygen atoms in total. The Labute approximate surface area is 165 Å². The van der Waals surface area contributed by atoms with Crippen molar-refractivity contribution < 1.29 is 22.5 Å². The molecule has 3 aromatic rings. The largest absolute Gasteiger partial charge is 0.322 e. The van der Waals surface area contributed by atoms with Crippen molar-refractivity contribution >= 4 is 33.0 Å². The van der Waals surface area contributed by atoms with Gasteiger partial charge in [-0.1, -0.05) is 6.07 Å². The average molecular weight is 415 g/mol. The number of rotatable bonds is 6. The van der Waals surface area contributed by atoms with Gasteiger partial charge in [0.2, 0.25) is 0 Å². The van der Waals surface area contributed by atoms with Gasteiger partial charge in [0, 0.05) is 29.1 Å². The Morgan fingerprint density at radius 3 is 2.21 bits per heavy atom. The van der Waals surface area contributed by atoms with E-state index in [4.69, 9.17) is 0 Å². The van der Waals surface area contributed by atoms with Crippen LogP contribution in [0.25, 0.3) is 0 Å². The van der Waals surface area contributed by atoms with Crippen molar-refractivity contribution in [1.82, 2.24) is 0 Å². The van der Waals surface area contributed by atoms with Gasteiger partial charge in [0.25, 0.3) is 21.6 Å². The second kappa shape index (κ2) is 8.07. The van der Waals surface area contributed by atoms with Crippen molar-refractivity contribution in [1.29, 1.82) is 0 Å². The lowest BCUT2D eigenvalue weighted by Gasteiger charge is -2.09. The highest BCUT2D eigenvalue weighted by Gasteiger charge is 2.15. The molecule has 3 aromatic carbocycles. The molecular formula is C19H14FN3O5S. The van der Waals surface area contributed by atoms with Crippen LogP contribution in [-0.4, -0.2) is 19.2 Å². The monoisotopic (exact) mass is 415 g/mol. The summed E-state index contributed by atoms with van der Waals surface area (Å²) < 4.78 is 39.9. The minimum absolute atomic E-state index is 0.105. The molecule has 1 amide bonds. The second-order valence-electron chi connectivity index (χ2n) is 5.90. The standard InChI is InChI=1S/C19H14FN3O5S/c20-14-6-10-18(11-7-14)29(27,28)22-15-8-4-13(5-9-15)19(24)21-16-2-1-3-17(12-16)23(25)26/h1-12,22H,(H,21,24). The summed E-state index contributed by atoms with van der Waals surface area (Å²) in [5.41, 5.74) is 0.529. The molecule has 0 aliphatic heterocycles. The van der Waals surface area contributed by atoms with Crippen molar-refractivity contribution in [3.8, 4) is 0 Å². The van der Waals surface area contributed by atoms with Gasteiger partial charge in [-0.05, 0) is 54.6 Å². The Balaban J connectivity index is 1.71. The van der Waals surface area contributed by atoms with Crippen molar-refractivity contribution in [3.63, 3.8) is 0 Å². The topological polar surface area (TPSA) is 118 Å². The summed E-state index contributed by atoms with van der Waals surface area (Å²) in [4.78, 5) is 22.4. The lowest BCUT2D eigenvalue weighted by molar-refractivity contribution is -0.384. The molecule has 3 rings (SSSR count). The molecule has 0 spiro atoms. The second-order valence-corrected chi connectivity index (χ2v) is 7.58. The number of anilines is 2. The van der Waals surface area contributed by atoms with Crippen LogP contribution in [0.15, 0.2) is 77.7 Å². The molecule has 29 heavy (non-hydrogen) atoms. The molecule has 10 heteroatoms. The maximum atomic E-state index is 13.0. The quantitative estimate of drug-likeness (QED) is 0.469. The summed E-state index contributed by atoms with van der Waals surface area (Å²) in [6, 6.07) is 15.4. The fraction of sp³-hybridized carbons (Fsp3) is 0. The minimum atomic E-state index is -3.91. The number of hydrogen-bond acceptors (Lipinski definition) is 5. The molecule has 0 aromatic heterocycles. The van der Waals surface area contributed by atoms with E-state index in [0.717, 1.165) is 24.3 Å². The smallest absolute Gasteiger partial charge is 0.271 e. The predicted molar refractivity (Wildman–Crippen MR) is 105 cm³/mol. The highest BCUT2D eigenvalue weighted by atomic mass is 32.2. The van der Waals surface area contributed by atoms with Crippen LogP contribution in [0.1, 0.15) is 10.4 Å². The van der Waals surface area contributed by atoms with E-state index in [1.165, 1.54) is 48.5 Å². The molecule has 0 fully saturated rings. The van der Waals surface area contributed by atoms with E-state index in [-0.39, 0.29) is 27.5 Å². The van der Waals surface area contributed by atoms with Gasteiger partial charge in [-0.2, -0.15) is 0 Å². The zero-order chi connectivity index (χ0) is 21.0. The number of carbonyl (C=O) groups is 1. The summed E-state index contributed by atoms with van der Waals surface area (Å²) in [7, 11) is -3.91. The van der Waals surface area contributed by atoms with E-state index in [1.807, 2.05) is 0 Å². The number of benzene rings is 3. The van der Waals surface area contributed by atoms with Crippen molar-refractivity contribution in [3.05, 3.63) is 94.3 Å². The number of amides is 1. The number of sulfonamides is 1. The van der Waals surface area contributed by atoms with E-state index < -0.39 is 26.7 Å². The molecule has 0 aliphatic rings. The highest BCUT2D eigenvalue weighted by Crippen LogP contribution is 2.20. The minimum Gasteiger partial charge on any atom is -0.322 e. The first-order valence-corrected chi connectivity index (χ1v) is 9.67. The molecule has 2 N–H and O–H groups in total. The van der Waals surface area contributed by atoms with E-state index in [9.17, 15) is 27.7 Å². The van der Waals surface area contributed by atoms with Gasteiger partial charge in [-0.3, -0.25) is 19.6 Å². The lowest BCUT2D eigenvalue weighted by atomic mass is 10.2. The van der Waals surface area contributed by atoms with Crippen LogP contribution >= 0.6 is 0 Å². The molecular weight excluding hydrogens is 401 g/mol. The van der Waals surface area contributed by atoms with E-state index in [1.54, 1.807) is 0 Å². The fourth-order valence-corrected chi connectivity index (χ4v) is 3.48. The third kappa shape index (κ3) is 4.93. The van der Waals surface area contributed by atoms with Crippen LogP contribution in [0.2, 0.25) is 0 Å². The summed E-state index contributed by atoms with van der Waals surface area (Å²) in [6.45, 7) is 0. The Morgan fingerprint density at radius 1 is 0.931 bits per heavy atom. The number of halogens is 1. The number of nitrogens with one attached hydrogen (secondary N) is 2. The predicted octanol–water partition coefficient (Wildman–Crippen LogP) is 3.79. The normalized spacial score (nSPS) is 10.9. The lowest BCUT2D eigenvalue weighted by Crippen LogP contribution is -2.14. The Bertz CT molecular complexity index is 1160. The van der Waals surface area contributed by atoms with Crippen LogP contribution in [0.3, 0.4) is 0 Å². The van der Waals surface area contributed by atoms with Gasteiger partial charge in [0.1, 0.15) is 5.82 Å².